The predicted octanol–water partition coefficient (Wildman–Crippen LogP) is 2.36. The zero-order valence-electron chi connectivity index (χ0n) is 15.3. The molecule has 2 aromatic carbocycles. The van der Waals surface area contributed by atoms with Crippen molar-refractivity contribution in [3.8, 4) is 0 Å². The highest BCUT2D eigenvalue weighted by Gasteiger charge is 2.21. The molecule has 3 nitrogen and oxygen atoms in total. The van der Waals surface area contributed by atoms with Crippen molar-refractivity contribution in [3.63, 3.8) is 0 Å². The van der Waals surface area contributed by atoms with Gasteiger partial charge in [0.2, 0.25) is 0 Å². The van der Waals surface area contributed by atoms with Gasteiger partial charge in [0.1, 0.15) is 6.04 Å². The molecule has 0 radical (unpaired) electrons. The second kappa shape index (κ2) is 10.9. The molecular weight excluding hydrogens is 326 g/mol. The minimum absolute atomic E-state index is 0.407. The summed E-state index contributed by atoms with van der Waals surface area (Å²) in [4.78, 5) is 1.56. The second-order valence-corrected chi connectivity index (χ2v) is 6.61. The van der Waals surface area contributed by atoms with Crippen LogP contribution in [0, 0.1) is 0 Å². The molecule has 0 spiro atoms. The third kappa shape index (κ3) is 6.48. The lowest BCUT2D eigenvalue weighted by Gasteiger charge is -2.27. The van der Waals surface area contributed by atoms with E-state index in [0.29, 0.717) is 6.04 Å². The Balaban J connectivity index is 1.83. The number of nitrogens with one attached hydrogen (secondary N) is 3. The van der Waals surface area contributed by atoms with E-state index < -0.39 is 0 Å². The fourth-order valence-electron chi connectivity index (χ4n) is 3.15. The molecule has 0 saturated heterocycles. The van der Waals surface area contributed by atoms with Gasteiger partial charge in [0.15, 0.2) is 5.11 Å². The molecule has 2 aromatic rings. The summed E-state index contributed by atoms with van der Waals surface area (Å²) in [6.45, 7) is 8.39. The SMILES string of the molecule is CC[NH+](CC)[C@H](CNC(=S)NCCc1ccccc1)c1ccccc1. The van der Waals surface area contributed by atoms with Gasteiger partial charge in [0.05, 0.1) is 19.6 Å². The Labute approximate surface area is 157 Å². The first-order chi connectivity index (χ1) is 12.2. The minimum Gasteiger partial charge on any atom is -0.362 e. The van der Waals surface area contributed by atoms with Crippen molar-refractivity contribution in [2.75, 3.05) is 26.2 Å². The van der Waals surface area contributed by atoms with Gasteiger partial charge in [-0.05, 0) is 38.0 Å². The van der Waals surface area contributed by atoms with Crippen LogP contribution in [0.25, 0.3) is 0 Å². The van der Waals surface area contributed by atoms with E-state index in [-0.39, 0.29) is 0 Å². The van der Waals surface area contributed by atoms with Crippen LogP contribution >= 0.6 is 12.2 Å². The molecule has 0 saturated carbocycles. The first-order valence-corrected chi connectivity index (χ1v) is 9.60. The molecule has 0 aliphatic heterocycles. The fraction of sp³-hybridized carbons (Fsp3) is 0.381. The average molecular weight is 357 g/mol. The molecule has 2 rings (SSSR count). The Kier molecular flexibility index (Phi) is 8.43. The normalized spacial score (nSPS) is 12.0. The maximum Gasteiger partial charge on any atom is 0.166 e. The number of quaternary nitrogens is 1. The van der Waals surface area contributed by atoms with Crippen LogP contribution in [0.5, 0.6) is 0 Å². The molecule has 4 heteroatoms. The lowest BCUT2D eigenvalue weighted by Crippen LogP contribution is -3.12. The minimum atomic E-state index is 0.407. The zero-order valence-corrected chi connectivity index (χ0v) is 16.1. The largest absolute Gasteiger partial charge is 0.362 e. The van der Waals surface area contributed by atoms with Gasteiger partial charge >= 0.3 is 0 Å². The van der Waals surface area contributed by atoms with Crippen molar-refractivity contribution < 1.29 is 4.90 Å². The van der Waals surface area contributed by atoms with Gasteiger partial charge in [-0.3, -0.25) is 0 Å². The summed E-state index contributed by atoms with van der Waals surface area (Å²) in [5.74, 6) is 0. The van der Waals surface area contributed by atoms with E-state index >= 15 is 0 Å². The highest BCUT2D eigenvalue weighted by molar-refractivity contribution is 7.80. The maximum atomic E-state index is 5.47. The summed E-state index contributed by atoms with van der Waals surface area (Å²) in [7, 11) is 0. The Morgan fingerprint density at radius 2 is 1.52 bits per heavy atom. The molecule has 0 bridgehead atoms. The monoisotopic (exact) mass is 356 g/mol. The fourth-order valence-corrected chi connectivity index (χ4v) is 3.33. The van der Waals surface area contributed by atoms with Gasteiger partial charge in [-0.2, -0.15) is 0 Å². The Hall–Kier alpha value is -1.91. The number of likely N-dealkylation sites (N-methyl/N-ethyl adjacent to an activating group) is 1. The van der Waals surface area contributed by atoms with Crippen LogP contribution in [0.4, 0.5) is 0 Å². The first-order valence-electron chi connectivity index (χ1n) is 9.19. The van der Waals surface area contributed by atoms with Crippen molar-refractivity contribution >= 4 is 17.3 Å². The molecule has 0 aromatic heterocycles. The van der Waals surface area contributed by atoms with Gasteiger partial charge < -0.3 is 15.5 Å². The van der Waals surface area contributed by atoms with E-state index in [2.05, 4.69) is 79.1 Å². The van der Waals surface area contributed by atoms with Gasteiger partial charge in [-0.15, -0.1) is 0 Å². The van der Waals surface area contributed by atoms with Gasteiger partial charge in [-0.25, -0.2) is 0 Å². The van der Waals surface area contributed by atoms with E-state index in [1.54, 1.807) is 4.90 Å². The van der Waals surface area contributed by atoms with Crippen LogP contribution in [0.1, 0.15) is 31.0 Å². The van der Waals surface area contributed by atoms with Crippen LogP contribution in [-0.2, 0) is 6.42 Å². The predicted molar refractivity (Wildman–Crippen MR) is 110 cm³/mol. The zero-order chi connectivity index (χ0) is 17.9. The quantitative estimate of drug-likeness (QED) is 0.603. The molecule has 0 unspecified atom stereocenters. The first kappa shape index (κ1) is 19.4. The highest BCUT2D eigenvalue weighted by Crippen LogP contribution is 2.08. The van der Waals surface area contributed by atoms with E-state index in [1.165, 1.54) is 11.1 Å². The molecule has 3 N–H and O–H groups in total. The van der Waals surface area contributed by atoms with Crippen LogP contribution in [0.15, 0.2) is 60.7 Å². The summed E-state index contributed by atoms with van der Waals surface area (Å²) in [6.07, 6.45) is 0.978. The average Bonchev–Trinajstić information content (AvgIpc) is 2.66. The maximum absolute atomic E-state index is 5.47. The number of benzene rings is 2. The number of thiocarbonyl (C=S) groups is 1. The van der Waals surface area contributed by atoms with Crippen LogP contribution in [0.2, 0.25) is 0 Å². The Morgan fingerprint density at radius 3 is 2.12 bits per heavy atom. The Morgan fingerprint density at radius 1 is 0.920 bits per heavy atom. The van der Waals surface area contributed by atoms with Crippen molar-refractivity contribution in [1.82, 2.24) is 10.6 Å². The van der Waals surface area contributed by atoms with Gasteiger partial charge in [0.25, 0.3) is 0 Å². The third-order valence-corrected chi connectivity index (χ3v) is 4.90. The smallest absolute Gasteiger partial charge is 0.166 e. The molecule has 0 fully saturated rings. The topological polar surface area (TPSA) is 28.5 Å². The summed E-state index contributed by atoms with van der Waals surface area (Å²) >= 11 is 5.47. The molecule has 1 atom stereocenters. The molecule has 0 heterocycles. The lowest BCUT2D eigenvalue weighted by molar-refractivity contribution is -0.927. The number of rotatable bonds is 9. The summed E-state index contributed by atoms with van der Waals surface area (Å²) in [5.41, 5.74) is 2.69. The second-order valence-electron chi connectivity index (χ2n) is 6.20. The summed E-state index contributed by atoms with van der Waals surface area (Å²) in [6, 6.07) is 21.6. The van der Waals surface area contributed by atoms with Crippen molar-refractivity contribution in [1.29, 1.82) is 0 Å². The van der Waals surface area contributed by atoms with E-state index in [0.717, 1.165) is 37.7 Å². The highest BCUT2D eigenvalue weighted by atomic mass is 32.1. The van der Waals surface area contributed by atoms with E-state index in [4.69, 9.17) is 12.2 Å². The molecule has 0 aliphatic carbocycles. The molecule has 0 amide bonds. The van der Waals surface area contributed by atoms with Crippen LogP contribution in [-0.4, -0.2) is 31.3 Å². The van der Waals surface area contributed by atoms with Gasteiger partial charge in [0, 0.05) is 12.1 Å². The number of hydrogen-bond acceptors (Lipinski definition) is 1. The number of hydrogen-bond donors (Lipinski definition) is 3. The van der Waals surface area contributed by atoms with Crippen molar-refractivity contribution in [2.45, 2.75) is 26.3 Å². The van der Waals surface area contributed by atoms with Crippen molar-refractivity contribution in [3.05, 3.63) is 71.8 Å². The van der Waals surface area contributed by atoms with Gasteiger partial charge in [-0.1, -0.05) is 60.7 Å². The standard InChI is InChI=1S/C21H29N3S/c1-3-24(4-2)20(19-13-9-6-10-14-19)17-23-21(25)22-16-15-18-11-7-5-8-12-18/h5-14,20H,3-4,15-17H2,1-2H3,(H2,22,23,25)/p+1/t20-/m1/s1. The molecule has 25 heavy (non-hydrogen) atoms. The van der Waals surface area contributed by atoms with E-state index in [1.807, 2.05) is 6.07 Å². The summed E-state index contributed by atoms with van der Waals surface area (Å²) in [5, 5.41) is 7.48. The molecular formula is C21H30N3S+. The van der Waals surface area contributed by atoms with Crippen LogP contribution < -0.4 is 15.5 Å². The van der Waals surface area contributed by atoms with Crippen LogP contribution in [0.3, 0.4) is 0 Å². The molecule has 0 aliphatic rings. The summed E-state index contributed by atoms with van der Waals surface area (Å²) < 4.78 is 0. The van der Waals surface area contributed by atoms with Crippen molar-refractivity contribution in [2.24, 2.45) is 0 Å². The molecule has 134 valence electrons. The van der Waals surface area contributed by atoms with E-state index in [9.17, 15) is 0 Å². The third-order valence-electron chi connectivity index (χ3n) is 4.61. The lowest BCUT2D eigenvalue weighted by atomic mass is 10.1. The Bertz CT molecular complexity index is 612.